The maximum atomic E-state index is 12.7. The summed E-state index contributed by atoms with van der Waals surface area (Å²) in [6.07, 6.45) is -1.65. The molecule has 0 radical (unpaired) electrons. The van der Waals surface area contributed by atoms with E-state index in [0.29, 0.717) is 0 Å². The van der Waals surface area contributed by atoms with Crippen LogP contribution < -0.4 is 0 Å². The molecule has 0 aliphatic carbocycles. The quantitative estimate of drug-likeness (QED) is 0.686. The van der Waals surface area contributed by atoms with Crippen LogP contribution in [0.1, 0.15) is 17.6 Å². The van der Waals surface area contributed by atoms with E-state index in [-0.39, 0.29) is 15.6 Å². The Hall–Kier alpha value is -0.580. The van der Waals surface area contributed by atoms with Gasteiger partial charge in [0.15, 0.2) is 0 Å². The Kier molecular flexibility index (Phi) is 2.72. The first-order chi connectivity index (χ1) is 5.54. The molecular weight excluding hydrogens is 235 g/mol. The molecular formula is C7H5BrF3N. The van der Waals surface area contributed by atoms with Gasteiger partial charge < -0.3 is 0 Å². The molecule has 0 bridgehead atoms. The summed E-state index contributed by atoms with van der Waals surface area (Å²) in [5.41, 5.74) is -0.443. The SMILES string of the molecule is Cc1c(F)ncc(Br)c1C(F)F. The molecule has 0 atom stereocenters. The molecule has 1 aromatic rings. The fraction of sp³-hybridized carbons (Fsp3) is 0.286. The van der Waals surface area contributed by atoms with Crippen LogP contribution >= 0.6 is 15.9 Å². The predicted molar refractivity (Wildman–Crippen MR) is 41.6 cm³/mol. The summed E-state index contributed by atoms with van der Waals surface area (Å²) < 4.78 is 37.3. The minimum Gasteiger partial charge on any atom is -0.227 e. The molecule has 1 aromatic heterocycles. The molecule has 1 rings (SSSR count). The summed E-state index contributed by atoms with van der Waals surface area (Å²) in [5.74, 6) is -0.853. The highest BCUT2D eigenvalue weighted by molar-refractivity contribution is 9.10. The van der Waals surface area contributed by atoms with Crippen LogP contribution in [0.3, 0.4) is 0 Å². The lowest BCUT2D eigenvalue weighted by molar-refractivity contribution is 0.149. The third kappa shape index (κ3) is 1.60. The van der Waals surface area contributed by atoms with E-state index in [1.807, 2.05) is 0 Å². The first kappa shape index (κ1) is 9.51. The third-order valence-electron chi connectivity index (χ3n) is 1.48. The van der Waals surface area contributed by atoms with E-state index in [9.17, 15) is 13.2 Å². The maximum Gasteiger partial charge on any atom is 0.265 e. The summed E-state index contributed by atoms with van der Waals surface area (Å²) in [6.45, 7) is 1.27. The van der Waals surface area contributed by atoms with Crippen LogP contribution in [0.2, 0.25) is 0 Å². The zero-order valence-electron chi connectivity index (χ0n) is 6.11. The van der Waals surface area contributed by atoms with Crippen LogP contribution in [0, 0.1) is 12.9 Å². The van der Waals surface area contributed by atoms with Crippen LogP contribution in [0.15, 0.2) is 10.7 Å². The second kappa shape index (κ2) is 3.43. The van der Waals surface area contributed by atoms with Crippen molar-refractivity contribution in [3.05, 3.63) is 27.7 Å². The second-order valence-electron chi connectivity index (χ2n) is 2.24. The van der Waals surface area contributed by atoms with Crippen molar-refractivity contribution in [3.63, 3.8) is 0 Å². The van der Waals surface area contributed by atoms with Crippen molar-refractivity contribution >= 4 is 15.9 Å². The standard InChI is InChI=1S/C7H5BrF3N/c1-3-5(6(9)10)4(8)2-12-7(3)11/h2,6H,1H3. The highest BCUT2D eigenvalue weighted by Gasteiger charge is 2.17. The molecule has 1 nitrogen and oxygen atoms in total. The minimum atomic E-state index is -2.68. The second-order valence-corrected chi connectivity index (χ2v) is 3.09. The lowest BCUT2D eigenvalue weighted by Gasteiger charge is -2.06. The van der Waals surface area contributed by atoms with Crippen LogP contribution in [-0.4, -0.2) is 4.98 Å². The van der Waals surface area contributed by atoms with Gasteiger partial charge in [0.1, 0.15) is 0 Å². The van der Waals surface area contributed by atoms with E-state index in [1.54, 1.807) is 0 Å². The Morgan fingerprint density at radius 1 is 1.50 bits per heavy atom. The topological polar surface area (TPSA) is 12.9 Å². The van der Waals surface area contributed by atoms with Gasteiger partial charge in [0.25, 0.3) is 6.43 Å². The molecule has 66 valence electrons. The fourth-order valence-corrected chi connectivity index (χ4v) is 1.41. The van der Waals surface area contributed by atoms with Crippen molar-refractivity contribution in [2.45, 2.75) is 13.3 Å². The van der Waals surface area contributed by atoms with E-state index in [4.69, 9.17) is 0 Å². The Morgan fingerprint density at radius 2 is 2.08 bits per heavy atom. The predicted octanol–water partition coefficient (Wildman–Crippen LogP) is 3.23. The van der Waals surface area contributed by atoms with Crippen molar-refractivity contribution < 1.29 is 13.2 Å². The van der Waals surface area contributed by atoms with Crippen molar-refractivity contribution in [1.29, 1.82) is 0 Å². The molecule has 0 fully saturated rings. The molecule has 0 saturated carbocycles. The molecule has 0 unspecified atom stereocenters. The lowest BCUT2D eigenvalue weighted by Crippen LogP contribution is -1.97. The number of hydrogen-bond donors (Lipinski definition) is 0. The van der Waals surface area contributed by atoms with Gasteiger partial charge in [-0.2, -0.15) is 4.39 Å². The molecule has 12 heavy (non-hydrogen) atoms. The molecule has 0 aromatic carbocycles. The largest absolute Gasteiger partial charge is 0.265 e. The first-order valence-corrected chi connectivity index (χ1v) is 3.92. The van der Waals surface area contributed by atoms with Gasteiger partial charge in [0.05, 0.1) is 0 Å². The number of aromatic nitrogens is 1. The summed E-state index contributed by atoms with van der Waals surface area (Å²) in [6, 6.07) is 0. The summed E-state index contributed by atoms with van der Waals surface area (Å²) >= 11 is 2.87. The van der Waals surface area contributed by atoms with Gasteiger partial charge in [0.2, 0.25) is 5.95 Å². The van der Waals surface area contributed by atoms with Gasteiger partial charge in [-0.05, 0) is 22.9 Å². The van der Waals surface area contributed by atoms with Crippen LogP contribution in [0.4, 0.5) is 13.2 Å². The molecule has 0 saturated heterocycles. The van der Waals surface area contributed by atoms with Gasteiger partial charge >= 0.3 is 0 Å². The van der Waals surface area contributed by atoms with Crippen molar-refractivity contribution in [3.8, 4) is 0 Å². The molecule has 0 aliphatic rings. The number of alkyl halides is 2. The Labute approximate surface area is 75.7 Å². The normalized spacial score (nSPS) is 10.8. The van der Waals surface area contributed by atoms with Crippen LogP contribution in [0.25, 0.3) is 0 Å². The molecule has 0 amide bonds. The van der Waals surface area contributed by atoms with E-state index in [0.717, 1.165) is 6.20 Å². The van der Waals surface area contributed by atoms with Gasteiger partial charge in [-0.3, -0.25) is 0 Å². The summed E-state index contributed by atoms with van der Waals surface area (Å²) in [7, 11) is 0. The summed E-state index contributed by atoms with van der Waals surface area (Å²) in [4.78, 5) is 3.27. The van der Waals surface area contributed by atoms with Crippen molar-refractivity contribution in [1.82, 2.24) is 4.98 Å². The lowest BCUT2D eigenvalue weighted by atomic mass is 10.2. The maximum absolute atomic E-state index is 12.7. The zero-order chi connectivity index (χ0) is 9.30. The fourth-order valence-electron chi connectivity index (χ4n) is 0.838. The zero-order valence-corrected chi connectivity index (χ0v) is 7.70. The van der Waals surface area contributed by atoms with Gasteiger partial charge in [-0.25, -0.2) is 13.8 Å². The number of halogens is 4. The smallest absolute Gasteiger partial charge is 0.227 e. The van der Waals surface area contributed by atoms with Crippen LogP contribution in [0.5, 0.6) is 0 Å². The van der Waals surface area contributed by atoms with Gasteiger partial charge in [-0.1, -0.05) is 0 Å². The Balaban J connectivity index is 3.33. The van der Waals surface area contributed by atoms with Crippen molar-refractivity contribution in [2.24, 2.45) is 0 Å². The third-order valence-corrected chi connectivity index (χ3v) is 2.11. The van der Waals surface area contributed by atoms with Crippen LogP contribution in [-0.2, 0) is 0 Å². The Morgan fingerprint density at radius 3 is 2.50 bits per heavy atom. The van der Waals surface area contributed by atoms with Crippen molar-refractivity contribution in [2.75, 3.05) is 0 Å². The molecule has 0 spiro atoms. The highest BCUT2D eigenvalue weighted by Crippen LogP contribution is 2.30. The number of pyridine rings is 1. The molecule has 0 aliphatic heterocycles. The molecule has 1 heterocycles. The van der Waals surface area contributed by atoms with E-state index in [2.05, 4.69) is 20.9 Å². The number of hydrogen-bond acceptors (Lipinski definition) is 1. The number of rotatable bonds is 1. The monoisotopic (exact) mass is 239 g/mol. The Bertz CT molecular complexity index is 301. The van der Waals surface area contributed by atoms with E-state index in [1.165, 1.54) is 6.92 Å². The molecule has 0 N–H and O–H groups in total. The van der Waals surface area contributed by atoms with E-state index < -0.39 is 12.4 Å². The van der Waals surface area contributed by atoms with Gasteiger partial charge in [-0.15, -0.1) is 0 Å². The average Bonchev–Trinajstić information content (AvgIpc) is 1.97. The first-order valence-electron chi connectivity index (χ1n) is 3.12. The summed E-state index contributed by atoms with van der Waals surface area (Å²) in [5, 5.41) is 0. The van der Waals surface area contributed by atoms with Gasteiger partial charge in [0, 0.05) is 21.8 Å². The van der Waals surface area contributed by atoms with E-state index >= 15 is 0 Å². The minimum absolute atomic E-state index is 0.112. The highest BCUT2D eigenvalue weighted by atomic mass is 79.9. The molecule has 5 heteroatoms. The average molecular weight is 240 g/mol. The number of nitrogens with zero attached hydrogens (tertiary/aromatic N) is 1.